The van der Waals surface area contributed by atoms with E-state index in [0.717, 1.165) is 31.7 Å². The van der Waals surface area contributed by atoms with Crippen LogP contribution in [0, 0.1) is 0 Å². The molecule has 0 spiro atoms. The van der Waals surface area contributed by atoms with E-state index in [4.69, 9.17) is 10.5 Å². The highest BCUT2D eigenvalue weighted by Crippen LogP contribution is 2.24. The van der Waals surface area contributed by atoms with E-state index in [1.165, 1.54) is 18.5 Å². The van der Waals surface area contributed by atoms with Gasteiger partial charge in [0.2, 0.25) is 0 Å². The molecular formula is C16H26N2O. The topological polar surface area (TPSA) is 38.5 Å². The van der Waals surface area contributed by atoms with Crippen molar-refractivity contribution in [1.82, 2.24) is 4.90 Å². The SMILES string of the molecule is CC(CCN)c1cccc(OC2CCCN(C)C2)c1. The summed E-state index contributed by atoms with van der Waals surface area (Å²) >= 11 is 0. The van der Waals surface area contributed by atoms with Crippen LogP contribution >= 0.6 is 0 Å². The third kappa shape index (κ3) is 4.22. The molecule has 0 saturated carbocycles. The number of hydrogen-bond donors (Lipinski definition) is 1. The standard InChI is InChI=1S/C16H26N2O/c1-13(8-9-17)14-5-3-6-15(11-14)19-16-7-4-10-18(2)12-16/h3,5-6,11,13,16H,4,7-10,12,17H2,1-2H3. The Morgan fingerprint density at radius 2 is 2.32 bits per heavy atom. The highest BCUT2D eigenvalue weighted by Gasteiger charge is 2.18. The molecule has 2 rings (SSSR count). The Morgan fingerprint density at radius 1 is 1.47 bits per heavy atom. The van der Waals surface area contributed by atoms with Crippen LogP contribution in [0.2, 0.25) is 0 Å². The van der Waals surface area contributed by atoms with Gasteiger partial charge < -0.3 is 15.4 Å². The first-order chi connectivity index (χ1) is 9.19. The lowest BCUT2D eigenvalue weighted by Gasteiger charge is -2.30. The smallest absolute Gasteiger partial charge is 0.120 e. The maximum atomic E-state index is 6.12. The Labute approximate surface area is 116 Å². The van der Waals surface area contributed by atoms with Gasteiger partial charge in [0.25, 0.3) is 0 Å². The molecule has 0 aromatic heterocycles. The first-order valence-electron chi connectivity index (χ1n) is 7.34. The molecule has 1 aromatic carbocycles. The van der Waals surface area contributed by atoms with Crippen LogP contribution in [0.25, 0.3) is 0 Å². The molecule has 0 aliphatic carbocycles. The fraction of sp³-hybridized carbons (Fsp3) is 0.625. The minimum absolute atomic E-state index is 0.332. The van der Waals surface area contributed by atoms with Crippen LogP contribution in [-0.2, 0) is 0 Å². The van der Waals surface area contributed by atoms with Crippen LogP contribution in [0.4, 0.5) is 0 Å². The first kappa shape index (κ1) is 14.4. The molecule has 3 heteroatoms. The number of nitrogens with two attached hydrogens (primary N) is 1. The summed E-state index contributed by atoms with van der Waals surface area (Å²) in [6, 6.07) is 8.49. The van der Waals surface area contributed by atoms with Crippen molar-refractivity contribution in [3.05, 3.63) is 29.8 Å². The van der Waals surface area contributed by atoms with Gasteiger partial charge in [0.05, 0.1) is 0 Å². The zero-order valence-electron chi connectivity index (χ0n) is 12.1. The zero-order chi connectivity index (χ0) is 13.7. The molecule has 19 heavy (non-hydrogen) atoms. The highest BCUT2D eigenvalue weighted by molar-refractivity contribution is 5.30. The minimum atomic E-state index is 0.332. The normalized spacial score (nSPS) is 22.2. The van der Waals surface area contributed by atoms with Gasteiger partial charge in [-0.05, 0) is 63.0 Å². The van der Waals surface area contributed by atoms with Gasteiger partial charge in [-0.3, -0.25) is 0 Å². The molecule has 0 amide bonds. The molecule has 3 nitrogen and oxygen atoms in total. The second-order valence-corrected chi connectivity index (χ2v) is 5.70. The molecule has 1 fully saturated rings. The molecular weight excluding hydrogens is 236 g/mol. The summed E-state index contributed by atoms with van der Waals surface area (Å²) in [5.41, 5.74) is 6.96. The molecule has 2 atom stereocenters. The molecule has 1 aliphatic heterocycles. The second kappa shape index (κ2) is 6.92. The van der Waals surface area contributed by atoms with E-state index in [1.807, 2.05) is 0 Å². The summed E-state index contributed by atoms with van der Waals surface area (Å²) in [6.07, 6.45) is 3.74. The number of piperidine rings is 1. The first-order valence-corrected chi connectivity index (χ1v) is 7.34. The summed E-state index contributed by atoms with van der Waals surface area (Å²) in [6.45, 7) is 5.18. The molecule has 106 valence electrons. The molecule has 0 bridgehead atoms. The zero-order valence-corrected chi connectivity index (χ0v) is 12.1. The van der Waals surface area contributed by atoms with Gasteiger partial charge in [0.15, 0.2) is 0 Å². The van der Waals surface area contributed by atoms with Crippen LogP contribution in [-0.4, -0.2) is 37.7 Å². The lowest BCUT2D eigenvalue weighted by Crippen LogP contribution is -2.38. The maximum absolute atomic E-state index is 6.12. The van der Waals surface area contributed by atoms with Crippen molar-refractivity contribution >= 4 is 0 Å². The van der Waals surface area contributed by atoms with Crippen molar-refractivity contribution < 1.29 is 4.74 Å². The number of ether oxygens (including phenoxy) is 1. The predicted molar refractivity (Wildman–Crippen MR) is 79.7 cm³/mol. The van der Waals surface area contributed by atoms with Gasteiger partial charge in [-0.2, -0.15) is 0 Å². The van der Waals surface area contributed by atoms with Gasteiger partial charge in [-0.15, -0.1) is 0 Å². The van der Waals surface area contributed by atoms with Crippen LogP contribution in [0.15, 0.2) is 24.3 Å². The Balaban J connectivity index is 1.98. The Morgan fingerprint density at radius 3 is 3.05 bits per heavy atom. The summed E-state index contributed by atoms with van der Waals surface area (Å²) in [4.78, 5) is 2.34. The van der Waals surface area contributed by atoms with Crippen LogP contribution in [0.5, 0.6) is 5.75 Å². The van der Waals surface area contributed by atoms with Gasteiger partial charge in [-0.1, -0.05) is 19.1 Å². The second-order valence-electron chi connectivity index (χ2n) is 5.70. The molecule has 1 heterocycles. The average Bonchev–Trinajstić information content (AvgIpc) is 2.39. The fourth-order valence-corrected chi connectivity index (χ4v) is 2.72. The van der Waals surface area contributed by atoms with Gasteiger partial charge >= 0.3 is 0 Å². The van der Waals surface area contributed by atoms with Crippen molar-refractivity contribution in [1.29, 1.82) is 0 Å². The Kier molecular flexibility index (Phi) is 5.23. The number of likely N-dealkylation sites (tertiary alicyclic amines) is 1. The van der Waals surface area contributed by atoms with Crippen LogP contribution in [0.3, 0.4) is 0 Å². The van der Waals surface area contributed by atoms with E-state index in [-0.39, 0.29) is 0 Å². The summed E-state index contributed by atoms with van der Waals surface area (Å²) in [5, 5.41) is 0. The quantitative estimate of drug-likeness (QED) is 0.886. The largest absolute Gasteiger partial charge is 0.489 e. The van der Waals surface area contributed by atoms with E-state index in [1.54, 1.807) is 0 Å². The van der Waals surface area contributed by atoms with Crippen LogP contribution in [0.1, 0.15) is 37.7 Å². The summed E-state index contributed by atoms with van der Waals surface area (Å²) in [7, 11) is 2.16. The molecule has 1 aliphatic rings. The number of benzene rings is 1. The van der Waals surface area contributed by atoms with Crippen molar-refractivity contribution in [3.63, 3.8) is 0 Å². The molecule has 2 unspecified atom stereocenters. The number of rotatable bonds is 5. The molecule has 1 saturated heterocycles. The molecule has 1 aromatic rings. The molecule has 2 N–H and O–H groups in total. The fourth-order valence-electron chi connectivity index (χ4n) is 2.72. The van der Waals surface area contributed by atoms with E-state index in [9.17, 15) is 0 Å². The van der Waals surface area contributed by atoms with Crippen molar-refractivity contribution in [2.75, 3.05) is 26.7 Å². The lowest BCUT2D eigenvalue weighted by atomic mass is 9.98. The monoisotopic (exact) mass is 262 g/mol. The van der Waals surface area contributed by atoms with Gasteiger partial charge in [0.1, 0.15) is 11.9 Å². The summed E-state index contributed by atoms with van der Waals surface area (Å²) < 4.78 is 6.12. The van der Waals surface area contributed by atoms with E-state index in [0.29, 0.717) is 12.0 Å². The van der Waals surface area contributed by atoms with Crippen molar-refractivity contribution in [3.8, 4) is 5.75 Å². The van der Waals surface area contributed by atoms with E-state index < -0.39 is 0 Å². The van der Waals surface area contributed by atoms with Gasteiger partial charge in [0, 0.05) is 6.54 Å². The number of nitrogens with zero attached hydrogens (tertiary/aromatic N) is 1. The highest BCUT2D eigenvalue weighted by atomic mass is 16.5. The van der Waals surface area contributed by atoms with Crippen molar-refractivity contribution in [2.24, 2.45) is 5.73 Å². The third-order valence-electron chi connectivity index (χ3n) is 3.91. The minimum Gasteiger partial charge on any atom is -0.489 e. The van der Waals surface area contributed by atoms with E-state index in [2.05, 4.69) is 43.1 Å². The van der Waals surface area contributed by atoms with E-state index >= 15 is 0 Å². The number of hydrogen-bond acceptors (Lipinski definition) is 3. The van der Waals surface area contributed by atoms with Gasteiger partial charge in [-0.25, -0.2) is 0 Å². The number of likely N-dealkylation sites (N-methyl/N-ethyl adjacent to an activating group) is 1. The van der Waals surface area contributed by atoms with Crippen molar-refractivity contribution in [2.45, 2.75) is 38.2 Å². The Hall–Kier alpha value is -1.06. The maximum Gasteiger partial charge on any atom is 0.120 e. The van der Waals surface area contributed by atoms with Crippen LogP contribution < -0.4 is 10.5 Å². The predicted octanol–water partition coefficient (Wildman–Crippen LogP) is 2.61. The third-order valence-corrected chi connectivity index (χ3v) is 3.91. The lowest BCUT2D eigenvalue weighted by molar-refractivity contribution is 0.104. The summed E-state index contributed by atoms with van der Waals surface area (Å²) in [5.74, 6) is 1.50. The average molecular weight is 262 g/mol. The molecule has 0 radical (unpaired) electrons. The Bertz CT molecular complexity index is 394.